The molecule has 2 rings (SSSR count). The molecule has 0 aliphatic carbocycles. The molecular weight excluding hydrogens is 316 g/mol. The topological polar surface area (TPSA) is 87.7 Å². The molecule has 0 amide bonds. The number of hydrogen-bond acceptors (Lipinski definition) is 5. The zero-order valence-corrected chi connectivity index (χ0v) is 14.6. The molecular formula is C16H26N2O4S. The second-order valence-corrected chi connectivity index (χ2v) is 8.84. The summed E-state index contributed by atoms with van der Waals surface area (Å²) in [6.45, 7) is 7.48. The molecule has 1 aliphatic heterocycles. The van der Waals surface area contributed by atoms with E-state index in [4.69, 9.17) is 4.74 Å². The molecule has 1 saturated heterocycles. The summed E-state index contributed by atoms with van der Waals surface area (Å²) in [4.78, 5) is 0.204. The Morgan fingerprint density at radius 3 is 2.52 bits per heavy atom. The number of sulfonamides is 1. The highest BCUT2D eigenvalue weighted by atomic mass is 32.2. The third-order valence-corrected chi connectivity index (χ3v) is 5.15. The smallest absolute Gasteiger partial charge is 0.240 e. The molecule has 0 bridgehead atoms. The third-order valence-electron chi connectivity index (χ3n) is 3.71. The minimum Gasteiger partial charge on any atom is -0.389 e. The van der Waals surface area contributed by atoms with Crippen LogP contribution in [0.15, 0.2) is 35.2 Å². The lowest BCUT2D eigenvalue weighted by Gasteiger charge is -2.24. The SMILES string of the molecule is CC(C)(C)CNC1COC(CNS(=O)(=O)c2ccccc2)C1O. The van der Waals surface area contributed by atoms with Crippen molar-refractivity contribution in [3.05, 3.63) is 30.3 Å². The molecule has 0 radical (unpaired) electrons. The van der Waals surface area contributed by atoms with Gasteiger partial charge in [-0.3, -0.25) is 0 Å². The van der Waals surface area contributed by atoms with Crippen molar-refractivity contribution in [1.82, 2.24) is 10.0 Å². The number of aliphatic hydroxyl groups is 1. The van der Waals surface area contributed by atoms with Gasteiger partial charge in [-0.1, -0.05) is 39.0 Å². The van der Waals surface area contributed by atoms with E-state index < -0.39 is 22.2 Å². The van der Waals surface area contributed by atoms with E-state index in [1.807, 2.05) is 0 Å². The van der Waals surface area contributed by atoms with Crippen molar-refractivity contribution in [3.8, 4) is 0 Å². The van der Waals surface area contributed by atoms with Crippen LogP contribution in [0.3, 0.4) is 0 Å². The first-order valence-electron chi connectivity index (χ1n) is 7.77. The van der Waals surface area contributed by atoms with Gasteiger partial charge in [-0.05, 0) is 17.5 Å². The van der Waals surface area contributed by atoms with Crippen LogP contribution in [0.25, 0.3) is 0 Å². The highest BCUT2D eigenvalue weighted by Gasteiger charge is 2.36. The summed E-state index contributed by atoms with van der Waals surface area (Å²) in [5.74, 6) is 0. The lowest BCUT2D eigenvalue weighted by Crippen LogP contribution is -2.46. The fourth-order valence-electron chi connectivity index (χ4n) is 2.35. The van der Waals surface area contributed by atoms with Gasteiger partial charge in [-0.2, -0.15) is 0 Å². The summed E-state index contributed by atoms with van der Waals surface area (Å²) < 4.78 is 32.4. The molecule has 0 spiro atoms. The van der Waals surface area contributed by atoms with Crippen LogP contribution in [0.5, 0.6) is 0 Å². The van der Waals surface area contributed by atoms with Gasteiger partial charge in [0, 0.05) is 13.1 Å². The lowest BCUT2D eigenvalue weighted by molar-refractivity contribution is 0.0441. The van der Waals surface area contributed by atoms with Gasteiger partial charge in [0.25, 0.3) is 0 Å². The fraction of sp³-hybridized carbons (Fsp3) is 0.625. The van der Waals surface area contributed by atoms with Gasteiger partial charge in [-0.15, -0.1) is 0 Å². The van der Waals surface area contributed by atoms with Crippen molar-refractivity contribution in [1.29, 1.82) is 0 Å². The molecule has 7 heteroatoms. The Morgan fingerprint density at radius 1 is 1.26 bits per heavy atom. The summed E-state index contributed by atoms with van der Waals surface area (Å²) in [5, 5.41) is 13.6. The van der Waals surface area contributed by atoms with E-state index in [-0.39, 0.29) is 22.9 Å². The Balaban J connectivity index is 1.87. The van der Waals surface area contributed by atoms with Crippen molar-refractivity contribution in [2.45, 2.75) is 43.9 Å². The first-order valence-corrected chi connectivity index (χ1v) is 9.25. The van der Waals surface area contributed by atoms with Gasteiger partial charge in [-0.25, -0.2) is 13.1 Å². The van der Waals surface area contributed by atoms with E-state index in [2.05, 4.69) is 30.8 Å². The van der Waals surface area contributed by atoms with Crippen LogP contribution < -0.4 is 10.0 Å². The summed E-state index contributed by atoms with van der Waals surface area (Å²) in [6, 6.07) is 7.97. The van der Waals surface area contributed by atoms with Crippen LogP contribution in [0.1, 0.15) is 20.8 Å². The average Bonchev–Trinajstić information content (AvgIpc) is 2.84. The predicted octanol–water partition coefficient (Wildman–Crippen LogP) is 0.729. The average molecular weight is 342 g/mol. The van der Waals surface area contributed by atoms with Crippen LogP contribution in [-0.2, 0) is 14.8 Å². The number of aliphatic hydroxyl groups excluding tert-OH is 1. The molecule has 3 unspecified atom stereocenters. The van der Waals surface area contributed by atoms with Crippen LogP contribution in [0, 0.1) is 5.41 Å². The first-order chi connectivity index (χ1) is 10.7. The van der Waals surface area contributed by atoms with Gasteiger partial charge < -0.3 is 15.2 Å². The van der Waals surface area contributed by atoms with Crippen molar-refractivity contribution in [2.24, 2.45) is 5.41 Å². The minimum absolute atomic E-state index is 0.0477. The maximum Gasteiger partial charge on any atom is 0.240 e. The molecule has 1 aliphatic rings. The van der Waals surface area contributed by atoms with Crippen molar-refractivity contribution in [3.63, 3.8) is 0 Å². The highest BCUT2D eigenvalue weighted by Crippen LogP contribution is 2.17. The van der Waals surface area contributed by atoms with E-state index >= 15 is 0 Å². The van der Waals surface area contributed by atoms with Crippen molar-refractivity contribution in [2.75, 3.05) is 19.7 Å². The number of nitrogens with one attached hydrogen (secondary N) is 2. The quantitative estimate of drug-likeness (QED) is 0.709. The van der Waals surface area contributed by atoms with Crippen LogP contribution in [-0.4, -0.2) is 51.5 Å². The van der Waals surface area contributed by atoms with E-state index in [1.165, 1.54) is 12.1 Å². The molecule has 130 valence electrons. The standard InChI is InChI=1S/C16H26N2O4S/c1-16(2,3)11-17-13-10-22-14(15(13)19)9-18-23(20,21)12-7-5-4-6-8-12/h4-8,13-15,17-19H,9-11H2,1-3H3. The summed E-state index contributed by atoms with van der Waals surface area (Å²) >= 11 is 0. The number of rotatable bonds is 6. The largest absolute Gasteiger partial charge is 0.389 e. The summed E-state index contributed by atoms with van der Waals surface area (Å²) in [7, 11) is -3.59. The molecule has 0 aromatic heterocycles. The molecule has 1 aromatic carbocycles. The van der Waals surface area contributed by atoms with Crippen molar-refractivity contribution < 1.29 is 18.3 Å². The van der Waals surface area contributed by atoms with Gasteiger partial charge >= 0.3 is 0 Å². The van der Waals surface area contributed by atoms with E-state index in [1.54, 1.807) is 18.2 Å². The number of hydrogen-bond donors (Lipinski definition) is 3. The molecule has 6 nitrogen and oxygen atoms in total. The molecule has 3 N–H and O–H groups in total. The normalized spacial score (nSPS) is 25.7. The Hall–Kier alpha value is -0.990. The third kappa shape index (κ3) is 5.26. The minimum atomic E-state index is -3.59. The Labute approximate surface area is 138 Å². The fourth-order valence-corrected chi connectivity index (χ4v) is 3.42. The monoisotopic (exact) mass is 342 g/mol. The van der Waals surface area contributed by atoms with Crippen LogP contribution in [0.2, 0.25) is 0 Å². The molecule has 3 atom stereocenters. The second kappa shape index (κ2) is 7.27. The zero-order chi connectivity index (χ0) is 17.1. The molecule has 1 aromatic rings. The molecule has 1 heterocycles. The number of benzene rings is 1. The highest BCUT2D eigenvalue weighted by molar-refractivity contribution is 7.89. The summed E-state index contributed by atoms with van der Waals surface area (Å²) in [6.07, 6.45) is -1.29. The first kappa shape index (κ1) is 18.4. The van der Waals surface area contributed by atoms with Gasteiger partial charge in [0.15, 0.2) is 0 Å². The van der Waals surface area contributed by atoms with E-state index in [9.17, 15) is 13.5 Å². The maximum absolute atomic E-state index is 12.2. The molecule has 23 heavy (non-hydrogen) atoms. The predicted molar refractivity (Wildman–Crippen MR) is 88.6 cm³/mol. The van der Waals surface area contributed by atoms with Gasteiger partial charge in [0.2, 0.25) is 10.0 Å². The Kier molecular flexibility index (Phi) is 5.80. The zero-order valence-electron chi connectivity index (χ0n) is 13.8. The van der Waals surface area contributed by atoms with Crippen molar-refractivity contribution >= 4 is 10.0 Å². The summed E-state index contributed by atoms with van der Waals surface area (Å²) in [5.41, 5.74) is 0.104. The van der Waals surface area contributed by atoms with Gasteiger partial charge in [0.1, 0.15) is 0 Å². The molecule has 1 fully saturated rings. The molecule has 0 saturated carbocycles. The van der Waals surface area contributed by atoms with Crippen LogP contribution in [0.4, 0.5) is 0 Å². The maximum atomic E-state index is 12.2. The van der Waals surface area contributed by atoms with E-state index in [0.717, 1.165) is 6.54 Å². The van der Waals surface area contributed by atoms with Gasteiger partial charge in [0.05, 0.1) is 29.8 Å². The Morgan fingerprint density at radius 2 is 1.91 bits per heavy atom. The van der Waals surface area contributed by atoms with E-state index in [0.29, 0.717) is 6.61 Å². The lowest BCUT2D eigenvalue weighted by atomic mass is 9.96. The second-order valence-electron chi connectivity index (χ2n) is 7.08. The number of ether oxygens (including phenoxy) is 1. The Bertz CT molecular complexity index is 598. The van der Waals surface area contributed by atoms with Crippen LogP contribution >= 0.6 is 0 Å².